The molecule has 5 heteroatoms. The highest BCUT2D eigenvalue weighted by atomic mass is 16.1. The Morgan fingerprint density at radius 1 is 1.06 bits per heavy atom. The third kappa shape index (κ3) is 4.15. The molecule has 0 spiro atoms. The number of benzene rings is 2. The molecule has 0 radical (unpaired) electrons. The molecule has 1 amide bonds. The Labute approximate surface area is 201 Å². The molecular weight excluding hydrogens is 422 g/mol. The number of amides is 1. The Kier molecular flexibility index (Phi) is 6.92. The third-order valence-corrected chi connectivity index (χ3v) is 6.90. The summed E-state index contributed by atoms with van der Waals surface area (Å²) >= 11 is 0. The van der Waals surface area contributed by atoms with Gasteiger partial charge in [-0.25, -0.2) is 0 Å². The number of para-hydroxylation sites is 1. The number of nitrogens with one attached hydrogen (secondary N) is 1. The van der Waals surface area contributed by atoms with Gasteiger partial charge in [0.05, 0.1) is 11.2 Å². The number of carbonyl (C=O) groups excluding carboxylic acids is 2. The van der Waals surface area contributed by atoms with Crippen molar-refractivity contribution < 1.29 is 9.59 Å². The summed E-state index contributed by atoms with van der Waals surface area (Å²) in [6.45, 7) is 12.6. The molecule has 34 heavy (non-hydrogen) atoms. The fraction of sp³-hybridized carbons (Fsp3) is 0.379. The van der Waals surface area contributed by atoms with Crippen LogP contribution in [0.4, 0.5) is 0 Å². The van der Waals surface area contributed by atoms with Gasteiger partial charge in [0.15, 0.2) is 0 Å². The summed E-state index contributed by atoms with van der Waals surface area (Å²) in [5.41, 5.74) is 8.74. The van der Waals surface area contributed by atoms with E-state index in [1.807, 2.05) is 19.9 Å². The topological polar surface area (TPSA) is 56.0 Å². The van der Waals surface area contributed by atoms with Gasteiger partial charge in [0.25, 0.3) is 0 Å². The zero-order valence-electron chi connectivity index (χ0n) is 20.9. The first-order valence-electron chi connectivity index (χ1n) is 12.3. The van der Waals surface area contributed by atoms with Crippen molar-refractivity contribution in [2.24, 2.45) is 0 Å². The summed E-state index contributed by atoms with van der Waals surface area (Å²) in [5.74, 6) is 0.458. The summed E-state index contributed by atoms with van der Waals surface area (Å²) in [4.78, 5) is 20.9. The quantitative estimate of drug-likeness (QED) is 0.351. The van der Waals surface area contributed by atoms with Gasteiger partial charge in [-0.3, -0.25) is 9.59 Å². The number of aromatic nitrogens is 2. The summed E-state index contributed by atoms with van der Waals surface area (Å²) < 4.78 is 4.92. The van der Waals surface area contributed by atoms with E-state index in [1.54, 1.807) is 0 Å². The molecule has 5 rings (SSSR count). The fourth-order valence-electron chi connectivity index (χ4n) is 5.13. The SMILES string of the molecule is CC(C)NC=O.CCC(C)c1c2n(c3cc(C=O)ccc13)CCCn1cc(C)c3cccc-2c31. The molecule has 0 fully saturated rings. The van der Waals surface area contributed by atoms with E-state index in [4.69, 9.17) is 0 Å². The molecule has 2 aromatic carbocycles. The molecule has 0 aliphatic carbocycles. The Morgan fingerprint density at radius 3 is 2.50 bits per heavy atom. The van der Waals surface area contributed by atoms with E-state index in [2.05, 4.69) is 71.8 Å². The lowest BCUT2D eigenvalue weighted by atomic mass is 9.91. The average molecular weight is 458 g/mol. The summed E-state index contributed by atoms with van der Waals surface area (Å²) in [7, 11) is 0. The van der Waals surface area contributed by atoms with Crippen LogP contribution in [0, 0.1) is 6.92 Å². The van der Waals surface area contributed by atoms with Crippen molar-refractivity contribution in [1.82, 2.24) is 14.5 Å². The van der Waals surface area contributed by atoms with Crippen molar-refractivity contribution in [2.75, 3.05) is 0 Å². The number of hydrogen-bond acceptors (Lipinski definition) is 2. The first-order valence-corrected chi connectivity index (χ1v) is 12.3. The molecule has 0 saturated carbocycles. The highest BCUT2D eigenvalue weighted by Crippen LogP contribution is 2.43. The van der Waals surface area contributed by atoms with Crippen LogP contribution in [0.15, 0.2) is 42.6 Å². The van der Waals surface area contributed by atoms with Crippen LogP contribution in [0.25, 0.3) is 33.1 Å². The van der Waals surface area contributed by atoms with Crippen LogP contribution in [-0.4, -0.2) is 27.9 Å². The lowest BCUT2D eigenvalue weighted by molar-refractivity contribution is -0.109. The smallest absolute Gasteiger partial charge is 0.207 e. The maximum absolute atomic E-state index is 11.4. The summed E-state index contributed by atoms with van der Waals surface area (Å²) in [5, 5.41) is 5.17. The first kappa shape index (κ1) is 23.8. The van der Waals surface area contributed by atoms with E-state index in [-0.39, 0.29) is 6.04 Å². The monoisotopic (exact) mass is 457 g/mol. The second kappa shape index (κ2) is 9.88. The maximum Gasteiger partial charge on any atom is 0.207 e. The van der Waals surface area contributed by atoms with E-state index in [0.717, 1.165) is 37.8 Å². The Balaban J connectivity index is 0.000000408. The zero-order chi connectivity index (χ0) is 24.4. The van der Waals surface area contributed by atoms with Crippen LogP contribution in [-0.2, 0) is 17.9 Å². The molecule has 0 saturated heterocycles. The minimum atomic E-state index is 0.280. The molecule has 178 valence electrons. The highest BCUT2D eigenvalue weighted by molar-refractivity contribution is 6.02. The summed E-state index contributed by atoms with van der Waals surface area (Å²) in [6.07, 6.45) is 6.14. The van der Waals surface area contributed by atoms with Crippen LogP contribution in [0.2, 0.25) is 0 Å². The van der Waals surface area contributed by atoms with E-state index in [1.165, 1.54) is 44.2 Å². The maximum atomic E-state index is 11.4. The molecule has 1 unspecified atom stereocenters. The lowest BCUT2D eigenvalue weighted by Crippen LogP contribution is -2.19. The predicted molar refractivity (Wildman–Crippen MR) is 141 cm³/mol. The number of fused-ring (bicyclic) bond motifs is 4. The van der Waals surface area contributed by atoms with E-state index in [9.17, 15) is 9.59 Å². The second-order valence-electron chi connectivity index (χ2n) is 9.62. The largest absolute Gasteiger partial charge is 0.357 e. The molecule has 1 aliphatic heterocycles. The van der Waals surface area contributed by atoms with Crippen molar-refractivity contribution in [1.29, 1.82) is 0 Å². The van der Waals surface area contributed by atoms with Crippen molar-refractivity contribution in [3.05, 3.63) is 59.3 Å². The van der Waals surface area contributed by atoms with Crippen molar-refractivity contribution >= 4 is 34.5 Å². The number of hydrogen-bond donors (Lipinski definition) is 1. The van der Waals surface area contributed by atoms with Crippen LogP contribution in [0.1, 0.15) is 67.9 Å². The van der Waals surface area contributed by atoms with Gasteiger partial charge in [0.2, 0.25) is 6.41 Å². The minimum absolute atomic E-state index is 0.280. The van der Waals surface area contributed by atoms with Crippen molar-refractivity contribution in [3.8, 4) is 11.3 Å². The van der Waals surface area contributed by atoms with E-state index >= 15 is 0 Å². The van der Waals surface area contributed by atoms with Gasteiger partial charge in [-0.1, -0.05) is 44.2 Å². The van der Waals surface area contributed by atoms with Gasteiger partial charge >= 0.3 is 0 Å². The van der Waals surface area contributed by atoms with Gasteiger partial charge in [-0.2, -0.15) is 0 Å². The predicted octanol–water partition coefficient (Wildman–Crippen LogP) is 6.44. The van der Waals surface area contributed by atoms with Crippen LogP contribution in [0.3, 0.4) is 0 Å². The van der Waals surface area contributed by atoms with Crippen LogP contribution < -0.4 is 5.32 Å². The molecule has 4 aromatic rings. The van der Waals surface area contributed by atoms with Crippen LogP contribution in [0.5, 0.6) is 0 Å². The third-order valence-electron chi connectivity index (χ3n) is 6.90. The average Bonchev–Trinajstić information content (AvgIpc) is 3.31. The van der Waals surface area contributed by atoms with Crippen molar-refractivity contribution in [3.63, 3.8) is 0 Å². The molecule has 1 aliphatic rings. The van der Waals surface area contributed by atoms with Crippen LogP contribution >= 0.6 is 0 Å². The molecule has 3 heterocycles. The molecular formula is C29H35N3O2. The van der Waals surface area contributed by atoms with Gasteiger partial charge in [0, 0.05) is 52.7 Å². The lowest BCUT2D eigenvalue weighted by Gasteiger charge is -2.20. The number of nitrogens with zero attached hydrogens (tertiary/aromatic N) is 2. The highest BCUT2D eigenvalue weighted by Gasteiger charge is 2.25. The molecule has 0 bridgehead atoms. The number of rotatable bonds is 5. The van der Waals surface area contributed by atoms with Gasteiger partial charge in [0.1, 0.15) is 6.29 Å². The zero-order valence-corrected chi connectivity index (χ0v) is 20.9. The van der Waals surface area contributed by atoms with E-state index in [0.29, 0.717) is 12.3 Å². The normalized spacial score (nSPS) is 13.6. The van der Waals surface area contributed by atoms with E-state index < -0.39 is 0 Å². The van der Waals surface area contributed by atoms with Gasteiger partial charge in [-0.15, -0.1) is 0 Å². The molecule has 1 atom stereocenters. The number of carbonyl (C=O) groups is 2. The fourth-order valence-corrected chi connectivity index (χ4v) is 5.13. The number of aryl methyl sites for hydroxylation is 3. The molecule has 1 N–H and O–H groups in total. The first-order chi connectivity index (χ1) is 16.4. The summed E-state index contributed by atoms with van der Waals surface area (Å²) in [6, 6.07) is 13.2. The molecule has 2 aromatic heterocycles. The standard InChI is InChI=1S/C25H26N2O.C4H9NO/c1-4-16(2)23-20-10-9-18(15-28)13-22(20)27-12-6-11-26-14-17(3)19-7-5-8-21(24(19)26)25(23)27;1-4(2)5-3-6/h5,7-10,13-16H,4,6,11-12H2,1-3H3;3-4H,1-2H3,(H,5,6). The Morgan fingerprint density at radius 2 is 1.85 bits per heavy atom. The Hall–Kier alpha value is -3.34. The van der Waals surface area contributed by atoms with Gasteiger partial charge in [-0.05, 0) is 56.7 Å². The number of aldehydes is 1. The minimum Gasteiger partial charge on any atom is -0.357 e. The van der Waals surface area contributed by atoms with Crippen molar-refractivity contribution in [2.45, 2.75) is 72.5 Å². The van der Waals surface area contributed by atoms with Gasteiger partial charge < -0.3 is 14.5 Å². The second-order valence-corrected chi connectivity index (χ2v) is 9.62. The molecule has 5 nitrogen and oxygen atoms in total. The Bertz CT molecular complexity index is 1340.